The van der Waals surface area contributed by atoms with Gasteiger partial charge in [-0.1, -0.05) is 13.0 Å². The van der Waals surface area contributed by atoms with Crippen LogP contribution in [0.25, 0.3) is 0 Å². The second-order valence-electron chi connectivity index (χ2n) is 5.70. The highest BCUT2D eigenvalue weighted by Gasteiger charge is 2.34. The Morgan fingerprint density at radius 1 is 1.35 bits per heavy atom. The number of halogens is 1. The standard InChI is InChI=1S/C15H22ClNO2S/c1-11-5-4-8-17(13(11)3)20(18,19)15-7-6-12(2)14(9-15)10-16/h6-7,9,11,13H,4-5,8,10H2,1-3H3. The molecule has 5 heteroatoms. The van der Waals surface area contributed by atoms with Crippen LogP contribution in [0.5, 0.6) is 0 Å². The smallest absolute Gasteiger partial charge is 0.207 e. The first-order valence-corrected chi connectivity index (χ1v) is 9.02. The first-order chi connectivity index (χ1) is 9.37. The fraction of sp³-hybridized carbons (Fsp3) is 0.600. The summed E-state index contributed by atoms with van der Waals surface area (Å²) in [6, 6.07) is 5.29. The Labute approximate surface area is 127 Å². The average molecular weight is 316 g/mol. The number of hydrogen-bond acceptors (Lipinski definition) is 2. The topological polar surface area (TPSA) is 37.4 Å². The summed E-state index contributed by atoms with van der Waals surface area (Å²) in [6.45, 7) is 6.67. The lowest BCUT2D eigenvalue weighted by Gasteiger charge is -2.36. The van der Waals surface area contributed by atoms with Crippen molar-refractivity contribution in [3.8, 4) is 0 Å². The Morgan fingerprint density at radius 2 is 2.05 bits per heavy atom. The highest BCUT2D eigenvalue weighted by Crippen LogP contribution is 2.29. The lowest BCUT2D eigenvalue weighted by Crippen LogP contribution is -2.45. The number of piperidine rings is 1. The molecule has 20 heavy (non-hydrogen) atoms. The van der Waals surface area contributed by atoms with Gasteiger partial charge in [-0.2, -0.15) is 4.31 Å². The molecule has 1 saturated heterocycles. The Kier molecular flexibility index (Phi) is 4.77. The molecule has 0 radical (unpaired) electrons. The molecule has 0 aromatic heterocycles. The van der Waals surface area contributed by atoms with Gasteiger partial charge in [0.25, 0.3) is 0 Å². The van der Waals surface area contributed by atoms with Crippen LogP contribution in [0.2, 0.25) is 0 Å². The summed E-state index contributed by atoms with van der Waals surface area (Å²) in [5.74, 6) is 0.734. The van der Waals surface area contributed by atoms with Crippen molar-refractivity contribution < 1.29 is 8.42 Å². The number of nitrogens with zero attached hydrogens (tertiary/aromatic N) is 1. The molecule has 0 amide bonds. The Hall–Kier alpha value is -0.580. The van der Waals surface area contributed by atoms with Gasteiger partial charge >= 0.3 is 0 Å². The zero-order valence-corrected chi connectivity index (χ0v) is 13.8. The van der Waals surface area contributed by atoms with Crippen molar-refractivity contribution in [1.29, 1.82) is 0 Å². The average Bonchev–Trinajstić information content (AvgIpc) is 2.42. The summed E-state index contributed by atoms with van der Waals surface area (Å²) in [7, 11) is -3.42. The van der Waals surface area contributed by atoms with E-state index in [2.05, 4.69) is 6.92 Å². The Balaban J connectivity index is 2.39. The maximum absolute atomic E-state index is 12.8. The Morgan fingerprint density at radius 3 is 2.70 bits per heavy atom. The third kappa shape index (κ3) is 2.87. The van der Waals surface area contributed by atoms with Crippen LogP contribution in [-0.2, 0) is 15.9 Å². The van der Waals surface area contributed by atoms with Gasteiger partial charge in [0.1, 0.15) is 0 Å². The minimum Gasteiger partial charge on any atom is -0.207 e. The summed E-state index contributed by atoms with van der Waals surface area (Å²) < 4.78 is 27.3. The molecule has 1 aliphatic rings. The molecule has 112 valence electrons. The van der Waals surface area contributed by atoms with E-state index in [1.54, 1.807) is 16.4 Å². The maximum Gasteiger partial charge on any atom is 0.243 e. The lowest BCUT2D eigenvalue weighted by atomic mass is 9.94. The monoisotopic (exact) mass is 315 g/mol. The lowest BCUT2D eigenvalue weighted by molar-refractivity contribution is 0.202. The van der Waals surface area contributed by atoms with Crippen molar-refractivity contribution in [2.75, 3.05) is 6.54 Å². The number of alkyl halides is 1. The van der Waals surface area contributed by atoms with Gasteiger partial charge in [0.2, 0.25) is 10.0 Å². The van der Waals surface area contributed by atoms with E-state index in [1.165, 1.54) is 0 Å². The van der Waals surface area contributed by atoms with Gasteiger partial charge < -0.3 is 0 Å². The van der Waals surface area contributed by atoms with Gasteiger partial charge in [0.05, 0.1) is 4.90 Å². The zero-order chi connectivity index (χ0) is 14.9. The van der Waals surface area contributed by atoms with Gasteiger partial charge in [-0.15, -0.1) is 11.6 Å². The van der Waals surface area contributed by atoms with Crippen LogP contribution in [0.4, 0.5) is 0 Å². The molecule has 2 rings (SSSR count). The predicted octanol–water partition coefficient (Wildman–Crippen LogP) is 3.54. The SMILES string of the molecule is Cc1ccc(S(=O)(=O)N2CCCC(C)C2C)cc1CCl. The first-order valence-electron chi connectivity index (χ1n) is 7.05. The molecule has 3 nitrogen and oxygen atoms in total. The van der Waals surface area contributed by atoms with E-state index in [-0.39, 0.29) is 6.04 Å². The van der Waals surface area contributed by atoms with Crippen LogP contribution < -0.4 is 0 Å². The maximum atomic E-state index is 12.8. The third-order valence-electron chi connectivity index (χ3n) is 4.39. The molecule has 0 N–H and O–H groups in total. The van der Waals surface area contributed by atoms with Crippen LogP contribution in [0.15, 0.2) is 23.1 Å². The van der Waals surface area contributed by atoms with Crippen molar-refractivity contribution >= 4 is 21.6 Å². The van der Waals surface area contributed by atoms with E-state index in [4.69, 9.17) is 11.6 Å². The molecule has 1 aliphatic heterocycles. The summed E-state index contributed by atoms with van der Waals surface area (Å²) in [4.78, 5) is 0.361. The number of hydrogen-bond donors (Lipinski definition) is 0. The van der Waals surface area contributed by atoms with E-state index >= 15 is 0 Å². The molecule has 0 spiro atoms. The fourth-order valence-corrected chi connectivity index (χ4v) is 4.83. The van der Waals surface area contributed by atoms with Crippen LogP contribution in [-0.4, -0.2) is 25.3 Å². The van der Waals surface area contributed by atoms with Crippen LogP contribution >= 0.6 is 11.6 Å². The van der Waals surface area contributed by atoms with Crippen molar-refractivity contribution in [1.82, 2.24) is 4.31 Å². The summed E-state index contributed by atoms with van der Waals surface area (Å²) in [5.41, 5.74) is 1.91. The normalized spacial score (nSPS) is 24.8. The van der Waals surface area contributed by atoms with E-state index < -0.39 is 10.0 Å². The molecule has 1 heterocycles. The quantitative estimate of drug-likeness (QED) is 0.800. The highest BCUT2D eigenvalue weighted by atomic mass is 35.5. The van der Waals surface area contributed by atoms with Crippen LogP contribution in [0.1, 0.15) is 37.8 Å². The number of benzene rings is 1. The van der Waals surface area contributed by atoms with Gasteiger partial charge in [-0.3, -0.25) is 0 Å². The van der Waals surface area contributed by atoms with Gasteiger partial charge in [-0.05, 0) is 55.9 Å². The molecular weight excluding hydrogens is 294 g/mol. The molecule has 0 aliphatic carbocycles. The minimum atomic E-state index is -3.42. The molecule has 2 unspecified atom stereocenters. The van der Waals surface area contributed by atoms with E-state index in [1.807, 2.05) is 19.9 Å². The van der Waals surface area contributed by atoms with Crippen LogP contribution in [0.3, 0.4) is 0 Å². The largest absolute Gasteiger partial charge is 0.243 e. The van der Waals surface area contributed by atoms with E-state index in [9.17, 15) is 8.42 Å². The van der Waals surface area contributed by atoms with Crippen molar-refractivity contribution in [3.05, 3.63) is 29.3 Å². The minimum absolute atomic E-state index is 0.0505. The Bertz CT molecular complexity index is 586. The van der Waals surface area contributed by atoms with Gasteiger partial charge in [0, 0.05) is 18.5 Å². The molecule has 0 saturated carbocycles. The number of aryl methyl sites for hydroxylation is 1. The van der Waals surface area contributed by atoms with Crippen molar-refractivity contribution in [3.63, 3.8) is 0 Å². The van der Waals surface area contributed by atoms with E-state index in [0.29, 0.717) is 23.2 Å². The van der Waals surface area contributed by atoms with Crippen molar-refractivity contribution in [2.45, 2.75) is 50.4 Å². The molecule has 1 aromatic rings. The first kappa shape index (κ1) is 15.8. The van der Waals surface area contributed by atoms with Gasteiger partial charge in [0.15, 0.2) is 0 Å². The second kappa shape index (κ2) is 6.04. The third-order valence-corrected chi connectivity index (χ3v) is 6.66. The van der Waals surface area contributed by atoms with E-state index in [0.717, 1.165) is 24.0 Å². The predicted molar refractivity (Wildman–Crippen MR) is 82.5 cm³/mol. The number of sulfonamides is 1. The van der Waals surface area contributed by atoms with Crippen molar-refractivity contribution in [2.24, 2.45) is 5.92 Å². The highest BCUT2D eigenvalue weighted by molar-refractivity contribution is 7.89. The zero-order valence-electron chi connectivity index (χ0n) is 12.3. The molecule has 2 atom stereocenters. The molecule has 0 bridgehead atoms. The van der Waals surface area contributed by atoms with Gasteiger partial charge in [-0.25, -0.2) is 8.42 Å². The summed E-state index contributed by atoms with van der Waals surface area (Å²) in [6.07, 6.45) is 2.02. The summed E-state index contributed by atoms with van der Waals surface area (Å²) >= 11 is 5.88. The summed E-state index contributed by atoms with van der Waals surface area (Å²) in [5, 5.41) is 0. The fourth-order valence-electron chi connectivity index (χ4n) is 2.72. The molecular formula is C15H22ClNO2S. The molecule has 1 fully saturated rings. The van der Waals surface area contributed by atoms with Crippen LogP contribution in [0, 0.1) is 12.8 Å². The molecule has 1 aromatic carbocycles. The second-order valence-corrected chi connectivity index (χ2v) is 7.86. The number of rotatable bonds is 3.